The molecule has 2 fully saturated rings. The van der Waals surface area contributed by atoms with Gasteiger partial charge in [-0.05, 0) is 43.0 Å². The van der Waals surface area contributed by atoms with Crippen LogP contribution in [-0.2, 0) is 21.7 Å². The Morgan fingerprint density at radius 2 is 2.00 bits per heavy atom. The van der Waals surface area contributed by atoms with E-state index in [0.717, 1.165) is 18.4 Å². The van der Waals surface area contributed by atoms with Crippen LogP contribution in [0.4, 0.5) is 6.01 Å². The van der Waals surface area contributed by atoms with Crippen molar-refractivity contribution in [3.63, 3.8) is 0 Å². The van der Waals surface area contributed by atoms with E-state index in [1.807, 2.05) is 12.1 Å². The number of rotatable bonds is 6. The van der Waals surface area contributed by atoms with Crippen LogP contribution in [0.3, 0.4) is 0 Å². The predicted molar refractivity (Wildman–Crippen MR) is 124 cm³/mol. The molecule has 1 atom stereocenters. The Kier molecular flexibility index (Phi) is 5.14. The van der Waals surface area contributed by atoms with E-state index in [-0.39, 0.29) is 36.7 Å². The van der Waals surface area contributed by atoms with Crippen molar-refractivity contribution in [2.45, 2.75) is 43.8 Å². The van der Waals surface area contributed by atoms with Gasteiger partial charge in [-0.2, -0.15) is 0 Å². The van der Waals surface area contributed by atoms with Gasteiger partial charge >= 0.3 is 6.01 Å². The van der Waals surface area contributed by atoms with Gasteiger partial charge in [0, 0.05) is 35.2 Å². The third-order valence-corrected chi connectivity index (χ3v) is 7.08. The number of piperidine rings is 1. The molecule has 0 radical (unpaired) electrons. The van der Waals surface area contributed by atoms with Gasteiger partial charge in [-0.15, -0.1) is 15.3 Å². The zero-order valence-electron chi connectivity index (χ0n) is 19.1. The minimum atomic E-state index is -0.701. The van der Waals surface area contributed by atoms with E-state index < -0.39 is 17.5 Å². The van der Waals surface area contributed by atoms with Crippen LogP contribution >= 0.6 is 11.6 Å². The first kappa shape index (κ1) is 22.4. The van der Waals surface area contributed by atoms with Gasteiger partial charge in [-0.3, -0.25) is 19.7 Å². The standard InChI is InChI=1S/C23H20ClN7O5/c1-35-18-5-2-15(27-28-18)20-29-30-22(36-20)26-23(6-7-23)11-8-12-13(14(24)9-11)10-31(21(12)34)16-3-4-17(32)25-19(16)33/h2,5,8-9,16H,3-4,6-7,10H2,1H3,(H,26,30)(H,25,32,33). The van der Waals surface area contributed by atoms with Crippen molar-refractivity contribution in [2.24, 2.45) is 0 Å². The van der Waals surface area contributed by atoms with Crippen LogP contribution in [-0.4, -0.2) is 56.2 Å². The normalized spacial score (nSPS) is 20.2. The molecule has 3 aliphatic rings. The van der Waals surface area contributed by atoms with Gasteiger partial charge in [-0.25, -0.2) is 0 Å². The highest BCUT2D eigenvalue weighted by molar-refractivity contribution is 6.32. The number of hydrogen-bond donors (Lipinski definition) is 2. The summed E-state index contributed by atoms with van der Waals surface area (Å²) >= 11 is 6.61. The Balaban J connectivity index is 1.23. The number of ether oxygens (including phenoxy) is 1. The number of fused-ring (bicyclic) bond motifs is 1. The lowest BCUT2D eigenvalue weighted by atomic mass is 9.99. The fraction of sp³-hybridized carbons (Fsp3) is 0.348. The van der Waals surface area contributed by atoms with Crippen LogP contribution in [0.2, 0.25) is 5.02 Å². The molecule has 0 bridgehead atoms. The van der Waals surface area contributed by atoms with Gasteiger partial charge in [0.15, 0.2) is 5.69 Å². The number of carbonyl (C=O) groups excluding carboxylic acids is 3. The van der Waals surface area contributed by atoms with Crippen LogP contribution < -0.4 is 15.4 Å². The van der Waals surface area contributed by atoms with Crippen molar-refractivity contribution in [2.75, 3.05) is 12.4 Å². The average Bonchev–Trinajstić information content (AvgIpc) is 3.37. The number of methoxy groups -OCH3 is 1. The largest absolute Gasteiger partial charge is 0.480 e. The van der Waals surface area contributed by atoms with E-state index in [2.05, 4.69) is 31.0 Å². The molecule has 36 heavy (non-hydrogen) atoms. The summed E-state index contributed by atoms with van der Waals surface area (Å²) in [7, 11) is 1.50. The molecule has 12 nitrogen and oxygen atoms in total. The summed E-state index contributed by atoms with van der Waals surface area (Å²) in [6.07, 6.45) is 2.02. The molecule has 1 unspecified atom stereocenters. The first-order valence-electron chi connectivity index (χ1n) is 11.3. The summed E-state index contributed by atoms with van der Waals surface area (Å²) in [6.45, 7) is 0.218. The molecule has 13 heteroatoms. The van der Waals surface area contributed by atoms with E-state index in [1.165, 1.54) is 12.0 Å². The predicted octanol–water partition coefficient (Wildman–Crippen LogP) is 2.05. The Labute approximate surface area is 209 Å². The van der Waals surface area contributed by atoms with Crippen molar-refractivity contribution in [1.82, 2.24) is 30.6 Å². The van der Waals surface area contributed by atoms with E-state index in [0.29, 0.717) is 34.1 Å². The van der Waals surface area contributed by atoms with Gasteiger partial charge in [0.1, 0.15) is 6.04 Å². The molecule has 184 valence electrons. The molecule has 2 aliphatic heterocycles. The third kappa shape index (κ3) is 3.73. The highest BCUT2D eigenvalue weighted by atomic mass is 35.5. The third-order valence-electron chi connectivity index (χ3n) is 6.74. The van der Waals surface area contributed by atoms with E-state index >= 15 is 0 Å². The monoisotopic (exact) mass is 509 g/mol. The molecule has 2 N–H and O–H groups in total. The van der Waals surface area contributed by atoms with Crippen molar-refractivity contribution in [1.29, 1.82) is 0 Å². The van der Waals surface area contributed by atoms with E-state index in [9.17, 15) is 14.4 Å². The van der Waals surface area contributed by atoms with E-state index in [4.69, 9.17) is 20.8 Å². The number of amides is 3. The summed E-state index contributed by atoms with van der Waals surface area (Å²) in [5.74, 6) is -0.501. The number of hydrogen-bond acceptors (Lipinski definition) is 10. The molecular weight excluding hydrogens is 490 g/mol. The molecule has 1 saturated carbocycles. The Bertz CT molecular complexity index is 1400. The van der Waals surface area contributed by atoms with Crippen LogP contribution in [0.5, 0.6) is 5.88 Å². The second-order valence-corrected chi connectivity index (χ2v) is 9.37. The smallest absolute Gasteiger partial charge is 0.316 e. The molecule has 4 heterocycles. The zero-order valence-corrected chi connectivity index (χ0v) is 19.8. The molecule has 3 amide bonds. The van der Waals surface area contributed by atoms with Gasteiger partial charge in [-0.1, -0.05) is 16.7 Å². The van der Waals surface area contributed by atoms with Gasteiger partial charge in [0.25, 0.3) is 11.8 Å². The second kappa shape index (κ2) is 8.26. The Hall–Kier alpha value is -4.06. The topological polar surface area (TPSA) is 152 Å². The van der Waals surface area contributed by atoms with Crippen molar-refractivity contribution >= 4 is 35.3 Å². The summed E-state index contributed by atoms with van der Waals surface area (Å²) in [5, 5.41) is 22.1. The lowest BCUT2D eigenvalue weighted by Crippen LogP contribution is -2.52. The maximum atomic E-state index is 13.3. The van der Waals surface area contributed by atoms with E-state index in [1.54, 1.807) is 12.1 Å². The zero-order chi connectivity index (χ0) is 25.0. The number of anilines is 1. The van der Waals surface area contributed by atoms with Gasteiger partial charge in [0.2, 0.25) is 17.7 Å². The van der Waals surface area contributed by atoms with Crippen LogP contribution in [0, 0.1) is 0 Å². The summed E-state index contributed by atoms with van der Waals surface area (Å²) in [4.78, 5) is 38.6. The second-order valence-electron chi connectivity index (χ2n) is 8.96. The fourth-order valence-corrected chi connectivity index (χ4v) is 4.91. The summed E-state index contributed by atoms with van der Waals surface area (Å²) in [6, 6.07) is 6.44. The number of nitrogens with one attached hydrogen (secondary N) is 2. The molecule has 1 saturated heterocycles. The van der Waals surface area contributed by atoms with Crippen molar-refractivity contribution in [3.05, 3.63) is 46.0 Å². The number of imide groups is 1. The van der Waals surface area contributed by atoms with Crippen LogP contribution in [0.15, 0.2) is 28.7 Å². The van der Waals surface area contributed by atoms with Crippen LogP contribution in [0.1, 0.15) is 47.2 Å². The van der Waals surface area contributed by atoms with Gasteiger partial charge < -0.3 is 19.4 Å². The number of nitrogens with zero attached hydrogens (tertiary/aromatic N) is 5. The van der Waals surface area contributed by atoms with Crippen molar-refractivity contribution < 1.29 is 23.5 Å². The lowest BCUT2D eigenvalue weighted by Gasteiger charge is -2.29. The molecule has 2 aromatic heterocycles. The number of benzene rings is 1. The Morgan fingerprint density at radius 3 is 2.69 bits per heavy atom. The van der Waals surface area contributed by atoms with Gasteiger partial charge in [0.05, 0.1) is 12.6 Å². The molecule has 0 spiro atoms. The minimum absolute atomic E-state index is 0.191. The number of halogens is 1. The first-order chi connectivity index (χ1) is 17.4. The maximum absolute atomic E-state index is 13.3. The first-order valence-corrected chi connectivity index (χ1v) is 11.7. The highest BCUT2D eigenvalue weighted by Gasteiger charge is 2.48. The quantitative estimate of drug-likeness (QED) is 0.472. The summed E-state index contributed by atoms with van der Waals surface area (Å²) in [5.41, 5.74) is 1.82. The maximum Gasteiger partial charge on any atom is 0.316 e. The lowest BCUT2D eigenvalue weighted by molar-refractivity contribution is -0.136. The number of carbonyl (C=O) groups is 3. The Morgan fingerprint density at radius 1 is 1.17 bits per heavy atom. The molecule has 1 aromatic carbocycles. The van der Waals surface area contributed by atoms with Crippen molar-refractivity contribution in [3.8, 4) is 17.5 Å². The highest BCUT2D eigenvalue weighted by Crippen LogP contribution is 2.50. The van der Waals surface area contributed by atoms with Crippen LogP contribution in [0.25, 0.3) is 11.6 Å². The number of aromatic nitrogens is 4. The summed E-state index contributed by atoms with van der Waals surface area (Å²) < 4.78 is 10.8. The molecular formula is C23H20ClN7O5. The minimum Gasteiger partial charge on any atom is -0.480 e. The average molecular weight is 510 g/mol. The SMILES string of the molecule is COc1ccc(-c2nnc(NC3(c4cc(Cl)c5c(c4)C(=O)N(C4CCC(=O)NC4=O)C5)CC3)o2)nn1. The fourth-order valence-electron chi connectivity index (χ4n) is 4.63. The molecule has 6 rings (SSSR count). The molecule has 1 aliphatic carbocycles. The molecule has 3 aromatic rings.